The van der Waals surface area contributed by atoms with E-state index < -0.39 is 0 Å². The Morgan fingerprint density at radius 3 is 2.78 bits per heavy atom. The lowest BCUT2D eigenvalue weighted by Crippen LogP contribution is -2.19. The molecule has 18 heavy (non-hydrogen) atoms. The fourth-order valence-corrected chi connectivity index (χ4v) is 2.16. The molecule has 0 spiro atoms. The molecule has 0 heterocycles. The Balaban J connectivity index is 2.33. The molecule has 0 radical (unpaired) electrons. The summed E-state index contributed by atoms with van der Waals surface area (Å²) in [5, 5.41) is 15.6. The monoisotopic (exact) mass is 305 g/mol. The maximum Gasteiger partial charge on any atom is 0.128 e. The van der Waals surface area contributed by atoms with Crippen molar-refractivity contribution in [2.45, 2.75) is 13.0 Å². The molecule has 0 amide bonds. The third-order valence-corrected chi connectivity index (χ3v) is 3.28. The van der Waals surface area contributed by atoms with Crippen molar-refractivity contribution < 1.29 is 5.11 Å². The number of rotatable bonds is 4. The fourth-order valence-electron chi connectivity index (χ4n) is 2.00. The van der Waals surface area contributed by atoms with Gasteiger partial charge in [0.25, 0.3) is 0 Å². The van der Waals surface area contributed by atoms with Gasteiger partial charge in [0.05, 0.1) is 0 Å². The number of aromatic hydroxyl groups is 1. The SMILES string of the molecule is C=C(Br)CNC(C)c1ccc2ccccc2c1O. The van der Waals surface area contributed by atoms with Gasteiger partial charge < -0.3 is 10.4 Å². The first-order chi connectivity index (χ1) is 8.59. The molecule has 1 unspecified atom stereocenters. The first kappa shape index (κ1) is 13.1. The molecule has 0 fully saturated rings. The van der Waals surface area contributed by atoms with E-state index in [0.717, 1.165) is 20.8 Å². The predicted molar refractivity (Wildman–Crippen MR) is 80.1 cm³/mol. The highest BCUT2D eigenvalue weighted by Crippen LogP contribution is 2.32. The molecule has 0 aromatic heterocycles. The molecule has 0 saturated carbocycles. The normalized spacial score (nSPS) is 12.6. The summed E-state index contributed by atoms with van der Waals surface area (Å²) in [6.07, 6.45) is 0. The van der Waals surface area contributed by atoms with E-state index >= 15 is 0 Å². The maximum atomic E-state index is 10.3. The number of benzene rings is 2. The number of halogens is 1. The molecule has 2 N–H and O–H groups in total. The van der Waals surface area contributed by atoms with Crippen molar-refractivity contribution in [3.8, 4) is 5.75 Å². The first-order valence-electron chi connectivity index (χ1n) is 5.87. The van der Waals surface area contributed by atoms with Crippen LogP contribution in [0, 0.1) is 0 Å². The summed E-state index contributed by atoms with van der Waals surface area (Å²) in [4.78, 5) is 0. The highest BCUT2D eigenvalue weighted by atomic mass is 79.9. The van der Waals surface area contributed by atoms with Gasteiger partial charge in [0.1, 0.15) is 5.75 Å². The Labute approximate surface area is 115 Å². The molecule has 2 nitrogen and oxygen atoms in total. The third kappa shape index (κ3) is 2.74. The second-order valence-corrected chi connectivity index (χ2v) is 5.47. The van der Waals surface area contributed by atoms with Gasteiger partial charge >= 0.3 is 0 Å². The Hall–Kier alpha value is -1.32. The topological polar surface area (TPSA) is 32.3 Å². The van der Waals surface area contributed by atoms with Crippen LogP contribution in [-0.2, 0) is 0 Å². The van der Waals surface area contributed by atoms with Crippen molar-refractivity contribution in [2.75, 3.05) is 6.54 Å². The molecule has 94 valence electrons. The summed E-state index contributed by atoms with van der Waals surface area (Å²) in [6, 6.07) is 11.9. The van der Waals surface area contributed by atoms with Crippen LogP contribution in [0.3, 0.4) is 0 Å². The van der Waals surface area contributed by atoms with Crippen LogP contribution in [0.15, 0.2) is 47.5 Å². The quantitative estimate of drug-likeness (QED) is 0.891. The van der Waals surface area contributed by atoms with Crippen LogP contribution in [-0.4, -0.2) is 11.7 Å². The van der Waals surface area contributed by atoms with Crippen molar-refractivity contribution in [1.29, 1.82) is 0 Å². The average molecular weight is 306 g/mol. The second-order valence-electron chi connectivity index (χ2n) is 4.34. The van der Waals surface area contributed by atoms with Gasteiger partial charge in [-0.2, -0.15) is 0 Å². The average Bonchev–Trinajstić information content (AvgIpc) is 2.37. The van der Waals surface area contributed by atoms with Gasteiger partial charge in [-0.25, -0.2) is 0 Å². The molecule has 2 aromatic rings. The Morgan fingerprint density at radius 2 is 2.06 bits per heavy atom. The number of phenols is 1. The third-order valence-electron chi connectivity index (χ3n) is 3.00. The van der Waals surface area contributed by atoms with Crippen molar-refractivity contribution >= 4 is 26.7 Å². The van der Waals surface area contributed by atoms with E-state index in [4.69, 9.17) is 0 Å². The summed E-state index contributed by atoms with van der Waals surface area (Å²) in [6.45, 7) is 6.49. The van der Waals surface area contributed by atoms with Gasteiger partial charge in [0, 0.05) is 28.0 Å². The van der Waals surface area contributed by atoms with Gasteiger partial charge in [0.2, 0.25) is 0 Å². The number of hydrogen-bond acceptors (Lipinski definition) is 2. The minimum Gasteiger partial charge on any atom is -0.507 e. The Kier molecular flexibility index (Phi) is 4.04. The zero-order chi connectivity index (χ0) is 13.1. The van der Waals surface area contributed by atoms with Crippen molar-refractivity contribution in [3.63, 3.8) is 0 Å². The zero-order valence-electron chi connectivity index (χ0n) is 10.3. The smallest absolute Gasteiger partial charge is 0.128 e. The van der Waals surface area contributed by atoms with Crippen molar-refractivity contribution in [3.05, 3.63) is 53.0 Å². The van der Waals surface area contributed by atoms with Crippen LogP contribution >= 0.6 is 15.9 Å². The molecule has 0 aliphatic carbocycles. The first-order valence-corrected chi connectivity index (χ1v) is 6.66. The summed E-state index contributed by atoms with van der Waals surface area (Å²) >= 11 is 3.31. The molecular weight excluding hydrogens is 290 g/mol. The molecule has 1 atom stereocenters. The molecule has 0 aliphatic heterocycles. The zero-order valence-corrected chi connectivity index (χ0v) is 11.9. The lowest BCUT2D eigenvalue weighted by molar-refractivity contribution is 0.462. The van der Waals surface area contributed by atoms with Crippen LogP contribution < -0.4 is 5.32 Å². The molecular formula is C15H16BrNO. The highest BCUT2D eigenvalue weighted by Gasteiger charge is 2.12. The van der Waals surface area contributed by atoms with Gasteiger partial charge in [-0.15, -0.1) is 0 Å². The Bertz CT molecular complexity index is 580. The van der Waals surface area contributed by atoms with E-state index in [0.29, 0.717) is 12.3 Å². The Morgan fingerprint density at radius 1 is 1.33 bits per heavy atom. The summed E-state index contributed by atoms with van der Waals surface area (Å²) in [5.74, 6) is 0.355. The fraction of sp³-hybridized carbons (Fsp3) is 0.200. The highest BCUT2D eigenvalue weighted by molar-refractivity contribution is 9.11. The standard InChI is InChI=1S/C15H16BrNO/c1-10(16)9-17-11(2)13-8-7-12-5-3-4-6-14(12)15(13)18/h3-8,11,17-18H,1,9H2,2H3. The molecule has 0 bridgehead atoms. The van der Waals surface area contributed by atoms with Crippen molar-refractivity contribution in [2.24, 2.45) is 0 Å². The minimum atomic E-state index is 0.0731. The van der Waals surface area contributed by atoms with Gasteiger partial charge in [0.15, 0.2) is 0 Å². The van der Waals surface area contributed by atoms with Gasteiger partial charge in [-0.1, -0.05) is 58.9 Å². The van der Waals surface area contributed by atoms with Crippen LogP contribution in [0.4, 0.5) is 0 Å². The van der Waals surface area contributed by atoms with Gasteiger partial charge in [-0.05, 0) is 12.3 Å². The minimum absolute atomic E-state index is 0.0731. The van der Waals surface area contributed by atoms with Crippen LogP contribution in [0.5, 0.6) is 5.75 Å². The number of fused-ring (bicyclic) bond motifs is 1. The summed E-state index contributed by atoms with van der Waals surface area (Å²) < 4.78 is 0.898. The molecule has 0 saturated heterocycles. The van der Waals surface area contributed by atoms with E-state index in [2.05, 4.69) is 27.8 Å². The summed E-state index contributed by atoms with van der Waals surface area (Å²) in [5.41, 5.74) is 0.905. The summed E-state index contributed by atoms with van der Waals surface area (Å²) in [7, 11) is 0. The molecule has 2 aromatic carbocycles. The van der Waals surface area contributed by atoms with E-state index in [9.17, 15) is 5.11 Å². The largest absolute Gasteiger partial charge is 0.507 e. The lowest BCUT2D eigenvalue weighted by Gasteiger charge is -2.16. The van der Waals surface area contributed by atoms with Crippen molar-refractivity contribution in [1.82, 2.24) is 5.32 Å². The number of nitrogens with one attached hydrogen (secondary N) is 1. The maximum absolute atomic E-state index is 10.3. The van der Waals surface area contributed by atoms with Crippen LogP contribution in [0.2, 0.25) is 0 Å². The predicted octanol–water partition coefficient (Wildman–Crippen LogP) is 4.10. The van der Waals surface area contributed by atoms with Crippen LogP contribution in [0.1, 0.15) is 18.5 Å². The van der Waals surface area contributed by atoms with E-state index in [1.165, 1.54) is 0 Å². The van der Waals surface area contributed by atoms with Crippen LogP contribution in [0.25, 0.3) is 10.8 Å². The number of phenolic OH excluding ortho intramolecular Hbond substituents is 1. The molecule has 3 heteroatoms. The van der Waals surface area contributed by atoms with E-state index in [1.54, 1.807) is 0 Å². The van der Waals surface area contributed by atoms with Gasteiger partial charge in [-0.3, -0.25) is 0 Å². The van der Waals surface area contributed by atoms with E-state index in [1.807, 2.05) is 43.3 Å². The lowest BCUT2D eigenvalue weighted by atomic mass is 10.0. The number of hydrogen-bond donors (Lipinski definition) is 2. The molecule has 2 rings (SSSR count). The van der Waals surface area contributed by atoms with E-state index in [-0.39, 0.29) is 6.04 Å². The second kappa shape index (κ2) is 5.55. The molecule has 0 aliphatic rings.